The Kier molecular flexibility index (Phi) is 4.79. The predicted octanol–water partition coefficient (Wildman–Crippen LogP) is 7.00. The van der Waals surface area contributed by atoms with Gasteiger partial charge in [0.25, 0.3) is 0 Å². The molecule has 3 heterocycles. The van der Waals surface area contributed by atoms with Crippen LogP contribution in [0.4, 0.5) is 0 Å². The second kappa shape index (κ2) is 8.17. The maximum Gasteiger partial charge on any atom is 0.228 e. The maximum absolute atomic E-state index is 6.40. The summed E-state index contributed by atoms with van der Waals surface area (Å²) < 4.78 is 14.5. The second-order valence-corrected chi connectivity index (χ2v) is 9.51. The van der Waals surface area contributed by atoms with E-state index >= 15 is 0 Å². The van der Waals surface area contributed by atoms with Gasteiger partial charge in [0.05, 0.1) is 12.7 Å². The zero-order valence-electron chi connectivity index (χ0n) is 19.2. The van der Waals surface area contributed by atoms with E-state index in [2.05, 4.69) is 63.4 Å². The van der Waals surface area contributed by atoms with E-state index < -0.39 is 0 Å². The van der Waals surface area contributed by atoms with Crippen molar-refractivity contribution < 1.29 is 9.47 Å². The van der Waals surface area contributed by atoms with Crippen LogP contribution in [0.1, 0.15) is 22.6 Å². The summed E-state index contributed by atoms with van der Waals surface area (Å²) in [5.41, 5.74) is 4.70. The van der Waals surface area contributed by atoms with Crippen molar-refractivity contribution in [1.29, 1.82) is 0 Å². The average Bonchev–Trinajstić information content (AvgIpc) is 3.36. The highest BCUT2D eigenvalue weighted by Crippen LogP contribution is 2.50. The van der Waals surface area contributed by atoms with Crippen LogP contribution < -0.4 is 9.47 Å². The van der Waals surface area contributed by atoms with Crippen LogP contribution in [0.2, 0.25) is 0 Å². The van der Waals surface area contributed by atoms with Gasteiger partial charge in [-0.1, -0.05) is 70.5 Å². The Balaban J connectivity index is 1.53. The van der Waals surface area contributed by atoms with Gasteiger partial charge >= 0.3 is 0 Å². The zero-order chi connectivity index (χ0) is 24.2. The van der Waals surface area contributed by atoms with Gasteiger partial charge < -0.3 is 9.47 Å². The Hall–Kier alpha value is -4.23. The lowest BCUT2D eigenvalue weighted by Gasteiger charge is -2.29. The van der Waals surface area contributed by atoms with E-state index in [0.717, 1.165) is 49.0 Å². The molecule has 0 amide bonds. The number of ether oxygens (including phenoxy) is 2. The molecular formula is C29H19BrN4O2. The van der Waals surface area contributed by atoms with Crippen LogP contribution in [-0.2, 0) is 0 Å². The molecule has 6 nitrogen and oxygen atoms in total. The third kappa shape index (κ3) is 3.20. The first-order valence-corrected chi connectivity index (χ1v) is 12.3. The number of rotatable bonds is 3. The molecule has 2 aromatic heterocycles. The summed E-state index contributed by atoms with van der Waals surface area (Å²) >= 11 is 3.63. The summed E-state index contributed by atoms with van der Waals surface area (Å²) in [7, 11) is 1.68. The molecule has 4 aromatic carbocycles. The molecule has 1 aliphatic heterocycles. The van der Waals surface area contributed by atoms with E-state index in [0.29, 0.717) is 17.4 Å². The number of halogens is 1. The van der Waals surface area contributed by atoms with E-state index in [9.17, 15) is 0 Å². The molecule has 0 saturated carbocycles. The molecule has 1 aliphatic rings. The number of aromatic nitrogens is 4. The molecule has 6 aromatic rings. The zero-order valence-corrected chi connectivity index (χ0v) is 20.8. The van der Waals surface area contributed by atoms with Crippen molar-refractivity contribution in [1.82, 2.24) is 19.6 Å². The molecule has 0 bridgehead atoms. The number of nitrogens with zero attached hydrogens (tertiary/aromatic N) is 4. The molecule has 7 heteroatoms. The molecule has 0 aliphatic carbocycles. The van der Waals surface area contributed by atoms with E-state index in [1.807, 2.05) is 42.5 Å². The molecule has 1 unspecified atom stereocenters. The van der Waals surface area contributed by atoms with Gasteiger partial charge in [-0.15, -0.1) is 5.10 Å². The molecule has 0 spiro atoms. The fourth-order valence-corrected chi connectivity index (χ4v) is 5.45. The van der Waals surface area contributed by atoms with E-state index in [-0.39, 0.29) is 5.92 Å². The largest absolute Gasteiger partial charge is 0.497 e. The maximum atomic E-state index is 6.40. The van der Waals surface area contributed by atoms with Gasteiger partial charge in [0.2, 0.25) is 5.88 Å². The van der Waals surface area contributed by atoms with Gasteiger partial charge in [0, 0.05) is 21.5 Å². The minimum atomic E-state index is -0.159. The van der Waals surface area contributed by atoms with Crippen molar-refractivity contribution in [2.75, 3.05) is 7.11 Å². The number of hydrogen-bond donors (Lipinski definition) is 0. The highest BCUT2D eigenvalue weighted by atomic mass is 79.9. The van der Waals surface area contributed by atoms with E-state index in [4.69, 9.17) is 19.6 Å². The molecule has 0 radical (unpaired) electrons. The minimum absolute atomic E-state index is 0.159. The molecule has 1 atom stereocenters. The van der Waals surface area contributed by atoms with Crippen LogP contribution in [-0.4, -0.2) is 26.7 Å². The highest BCUT2D eigenvalue weighted by molar-refractivity contribution is 9.10. The first-order chi connectivity index (χ1) is 17.7. The fourth-order valence-electron chi connectivity index (χ4n) is 4.99. The Morgan fingerprint density at radius 3 is 2.53 bits per heavy atom. The van der Waals surface area contributed by atoms with Gasteiger partial charge in [-0.05, 0) is 46.7 Å². The van der Waals surface area contributed by atoms with Crippen LogP contribution in [0, 0.1) is 0 Å². The first-order valence-electron chi connectivity index (χ1n) is 11.5. The van der Waals surface area contributed by atoms with Crippen molar-refractivity contribution in [2.45, 2.75) is 5.92 Å². The normalized spacial score (nSPS) is 14.3. The molecular weight excluding hydrogens is 516 g/mol. The first kappa shape index (κ1) is 21.1. The minimum Gasteiger partial charge on any atom is -0.497 e. The summed E-state index contributed by atoms with van der Waals surface area (Å²) in [5, 5.41) is 7.05. The van der Waals surface area contributed by atoms with Gasteiger partial charge in [-0.3, -0.25) is 0 Å². The van der Waals surface area contributed by atoms with Crippen LogP contribution in [0.5, 0.6) is 17.4 Å². The van der Waals surface area contributed by atoms with Crippen molar-refractivity contribution >= 4 is 32.3 Å². The monoisotopic (exact) mass is 534 g/mol. The number of hydrogen-bond acceptors (Lipinski definition) is 5. The Morgan fingerprint density at radius 2 is 1.69 bits per heavy atom. The van der Waals surface area contributed by atoms with E-state index in [1.54, 1.807) is 18.0 Å². The number of fused-ring (bicyclic) bond motifs is 6. The molecule has 174 valence electrons. The molecule has 0 N–H and O–H groups in total. The van der Waals surface area contributed by atoms with Crippen LogP contribution in [0.3, 0.4) is 0 Å². The topological polar surface area (TPSA) is 61.5 Å². The summed E-state index contributed by atoms with van der Waals surface area (Å²) in [6.45, 7) is 0. The summed E-state index contributed by atoms with van der Waals surface area (Å²) in [4.78, 5) is 9.66. The van der Waals surface area contributed by atoms with Crippen molar-refractivity contribution in [3.8, 4) is 28.8 Å². The Labute approximate surface area is 215 Å². The standard InChI is InChI=1S/C29H19BrN4O2/c1-35-19-13-10-18(11-14-19)24-25-20-7-3-2-6-17(20)12-15-23(25)36-29-26(24)28-32-27(33-34(28)16-31-29)21-8-4-5-9-22(21)30/h2-16,24H,1H3. The smallest absolute Gasteiger partial charge is 0.228 e. The second-order valence-electron chi connectivity index (χ2n) is 8.65. The summed E-state index contributed by atoms with van der Waals surface area (Å²) in [6, 6.07) is 28.6. The third-order valence-electron chi connectivity index (χ3n) is 6.67. The molecule has 0 fully saturated rings. The number of benzene rings is 4. The highest BCUT2D eigenvalue weighted by Gasteiger charge is 2.34. The molecule has 36 heavy (non-hydrogen) atoms. The Morgan fingerprint density at radius 1 is 0.889 bits per heavy atom. The van der Waals surface area contributed by atoms with Crippen LogP contribution >= 0.6 is 15.9 Å². The lowest BCUT2D eigenvalue weighted by Crippen LogP contribution is -2.15. The summed E-state index contributed by atoms with van der Waals surface area (Å²) in [5.74, 6) is 2.60. The summed E-state index contributed by atoms with van der Waals surface area (Å²) in [6.07, 6.45) is 1.67. The van der Waals surface area contributed by atoms with E-state index in [1.165, 1.54) is 0 Å². The van der Waals surface area contributed by atoms with Gasteiger partial charge in [0.15, 0.2) is 11.5 Å². The number of methoxy groups -OCH3 is 1. The molecule has 7 rings (SSSR count). The fraction of sp³-hybridized carbons (Fsp3) is 0.0690. The van der Waals surface area contributed by atoms with Crippen LogP contribution in [0.25, 0.3) is 27.8 Å². The average molecular weight is 535 g/mol. The van der Waals surface area contributed by atoms with Crippen molar-refractivity contribution in [2.24, 2.45) is 0 Å². The van der Waals surface area contributed by atoms with Crippen LogP contribution in [0.15, 0.2) is 95.7 Å². The molecule has 0 saturated heterocycles. The van der Waals surface area contributed by atoms with Crippen molar-refractivity contribution in [3.05, 3.63) is 112 Å². The predicted molar refractivity (Wildman–Crippen MR) is 142 cm³/mol. The third-order valence-corrected chi connectivity index (χ3v) is 7.36. The van der Waals surface area contributed by atoms with Crippen molar-refractivity contribution in [3.63, 3.8) is 0 Å². The Bertz CT molecular complexity index is 1780. The lowest BCUT2D eigenvalue weighted by molar-refractivity contribution is 0.414. The van der Waals surface area contributed by atoms with Gasteiger partial charge in [-0.2, -0.15) is 0 Å². The lowest BCUT2D eigenvalue weighted by atomic mass is 9.81. The SMILES string of the molecule is COc1ccc(C2c3c(ccc4ccccc34)Oc3ncn4nc(-c5ccccc5Br)nc4c32)cc1. The van der Waals surface area contributed by atoms with Gasteiger partial charge in [-0.25, -0.2) is 14.5 Å². The van der Waals surface area contributed by atoms with Gasteiger partial charge in [0.1, 0.15) is 17.8 Å². The quantitative estimate of drug-likeness (QED) is 0.244.